The number of carbonyl (C=O) groups excluding carboxylic acids is 1. The van der Waals surface area contributed by atoms with Crippen LogP contribution in [0.4, 0.5) is 8.78 Å². The zero-order valence-electron chi connectivity index (χ0n) is 17.0. The van der Waals surface area contributed by atoms with Gasteiger partial charge in [-0.15, -0.1) is 0 Å². The van der Waals surface area contributed by atoms with E-state index >= 15 is 0 Å². The van der Waals surface area contributed by atoms with Crippen molar-refractivity contribution in [3.8, 4) is 11.5 Å². The number of ether oxygens (including phenoxy) is 2. The first-order valence-corrected chi connectivity index (χ1v) is 11.3. The zero-order valence-corrected chi connectivity index (χ0v) is 17.8. The van der Waals surface area contributed by atoms with Gasteiger partial charge in [-0.05, 0) is 48.7 Å². The molecule has 10 heteroatoms. The Labute approximate surface area is 180 Å². The summed E-state index contributed by atoms with van der Waals surface area (Å²) in [5, 5.41) is 2.66. The van der Waals surface area contributed by atoms with Gasteiger partial charge in [-0.25, -0.2) is 8.42 Å². The number of piperidine rings is 1. The summed E-state index contributed by atoms with van der Waals surface area (Å²) in [6, 6.07) is 10.3. The largest absolute Gasteiger partial charge is 0.493 e. The molecule has 0 saturated carbocycles. The molecule has 31 heavy (non-hydrogen) atoms. The summed E-state index contributed by atoms with van der Waals surface area (Å²) in [4.78, 5) is 12.6. The van der Waals surface area contributed by atoms with E-state index in [0.29, 0.717) is 18.7 Å². The highest BCUT2D eigenvalue weighted by Crippen LogP contribution is 2.29. The van der Waals surface area contributed by atoms with E-state index in [1.54, 1.807) is 12.1 Å². The van der Waals surface area contributed by atoms with Crippen LogP contribution >= 0.6 is 0 Å². The molecule has 0 unspecified atom stereocenters. The molecule has 1 saturated heterocycles. The van der Waals surface area contributed by atoms with Gasteiger partial charge in [0.2, 0.25) is 10.0 Å². The fraction of sp³-hybridized carbons (Fsp3) is 0.381. The highest BCUT2D eigenvalue weighted by molar-refractivity contribution is 7.89. The van der Waals surface area contributed by atoms with Crippen LogP contribution in [0.1, 0.15) is 35.2 Å². The summed E-state index contributed by atoms with van der Waals surface area (Å²) in [5.74, 6) is -0.696. The number of alkyl halides is 2. The predicted molar refractivity (Wildman–Crippen MR) is 110 cm³/mol. The molecule has 1 aliphatic rings. The molecule has 0 spiro atoms. The van der Waals surface area contributed by atoms with Crippen LogP contribution < -0.4 is 14.8 Å². The molecule has 0 bridgehead atoms. The lowest BCUT2D eigenvalue weighted by Crippen LogP contribution is -2.35. The molecule has 2 aromatic carbocycles. The first kappa shape index (κ1) is 23.0. The number of halogens is 2. The van der Waals surface area contributed by atoms with E-state index in [2.05, 4.69) is 10.1 Å². The number of methoxy groups -OCH3 is 1. The first-order chi connectivity index (χ1) is 14.8. The Balaban J connectivity index is 1.70. The standard InChI is InChI=1S/C21H24F2N2O5S/c1-29-18-9-8-16(13-19(18)30-21(22)23)20(26)24-14-15-6-5-7-17(12-15)31(27,28)25-10-3-2-4-11-25/h5-9,12-13,21H,2-4,10-11,14H2,1H3,(H,24,26). The molecule has 168 valence electrons. The van der Waals surface area contributed by atoms with Crippen LogP contribution in [0.2, 0.25) is 0 Å². The Hall–Kier alpha value is -2.72. The molecule has 1 fully saturated rings. The average molecular weight is 454 g/mol. The van der Waals surface area contributed by atoms with Gasteiger partial charge in [-0.1, -0.05) is 18.6 Å². The van der Waals surface area contributed by atoms with Gasteiger partial charge < -0.3 is 14.8 Å². The minimum atomic E-state index is -3.58. The number of hydrogen-bond donors (Lipinski definition) is 1. The molecule has 1 N–H and O–H groups in total. The van der Waals surface area contributed by atoms with Crippen LogP contribution in [-0.4, -0.2) is 45.4 Å². The van der Waals surface area contributed by atoms with E-state index in [1.165, 1.54) is 35.7 Å². The quantitative estimate of drug-likeness (QED) is 0.661. The van der Waals surface area contributed by atoms with E-state index in [9.17, 15) is 22.0 Å². The molecule has 0 aromatic heterocycles. The fourth-order valence-electron chi connectivity index (χ4n) is 3.36. The Morgan fingerprint density at radius 1 is 1.10 bits per heavy atom. The third kappa shape index (κ3) is 5.71. The van der Waals surface area contributed by atoms with Gasteiger partial charge >= 0.3 is 6.61 Å². The van der Waals surface area contributed by atoms with Crippen molar-refractivity contribution < 1.29 is 31.5 Å². The number of hydrogen-bond acceptors (Lipinski definition) is 5. The lowest BCUT2D eigenvalue weighted by molar-refractivity contribution is -0.0512. The van der Waals surface area contributed by atoms with Crippen molar-refractivity contribution in [2.24, 2.45) is 0 Å². The molecule has 0 atom stereocenters. The third-order valence-electron chi connectivity index (χ3n) is 4.95. The normalized spacial score (nSPS) is 15.0. The lowest BCUT2D eigenvalue weighted by Gasteiger charge is -2.26. The number of carbonyl (C=O) groups is 1. The van der Waals surface area contributed by atoms with Crippen molar-refractivity contribution in [3.05, 3.63) is 53.6 Å². The number of rotatable bonds is 8. The molecule has 3 rings (SSSR count). The minimum absolute atomic E-state index is 0.0687. The summed E-state index contributed by atoms with van der Waals surface area (Å²) in [7, 11) is -2.28. The molecular weight excluding hydrogens is 430 g/mol. The van der Waals surface area contributed by atoms with Gasteiger partial charge in [0, 0.05) is 25.2 Å². The number of nitrogens with one attached hydrogen (secondary N) is 1. The van der Waals surface area contributed by atoms with Gasteiger partial charge in [0.1, 0.15) is 0 Å². The molecule has 1 aliphatic heterocycles. The lowest BCUT2D eigenvalue weighted by atomic mass is 10.1. The van der Waals surface area contributed by atoms with Crippen LogP contribution in [0.5, 0.6) is 11.5 Å². The van der Waals surface area contributed by atoms with Crippen LogP contribution in [0.25, 0.3) is 0 Å². The molecule has 1 amide bonds. The number of nitrogens with zero attached hydrogens (tertiary/aromatic N) is 1. The number of amides is 1. The van der Waals surface area contributed by atoms with E-state index in [-0.39, 0.29) is 28.5 Å². The SMILES string of the molecule is COc1ccc(C(=O)NCc2cccc(S(=O)(=O)N3CCCCC3)c2)cc1OC(F)F. The van der Waals surface area contributed by atoms with Crippen molar-refractivity contribution in [2.45, 2.75) is 37.3 Å². The van der Waals surface area contributed by atoms with Crippen LogP contribution in [0, 0.1) is 0 Å². The number of sulfonamides is 1. The van der Waals surface area contributed by atoms with Gasteiger partial charge in [-0.2, -0.15) is 13.1 Å². The molecule has 7 nitrogen and oxygen atoms in total. The van der Waals surface area contributed by atoms with E-state index in [0.717, 1.165) is 25.3 Å². The molecular formula is C21H24F2N2O5S. The molecule has 2 aromatic rings. The molecule has 0 radical (unpaired) electrons. The summed E-state index contributed by atoms with van der Waals surface area (Å²) in [6.45, 7) is -1.98. The molecule has 0 aliphatic carbocycles. The topological polar surface area (TPSA) is 84.9 Å². The zero-order chi connectivity index (χ0) is 22.4. The molecule has 1 heterocycles. The number of benzene rings is 2. The third-order valence-corrected chi connectivity index (χ3v) is 6.84. The second kappa shape index (κ2) is 10.1. The fourth-order valence-corrected chi connectivity index (χ4v) is 4.95. The van der Waals surface area contributed by atoms with Crippen molar-refractivity contribution in [1.82, 2.24) is 9.62 Å². The highest BCUT2D eigenvalue weighted by atomic mass is 32.2. The van der Waals surface area contributed by atoms with Crippen molar-refractivity contribution in [2.75, 3.05) is 20.2 Å². The summed E-state index contributed by atoms with van der Waals surface area (Å²) in [5.41, 5.74) is 0.706. The van der Waals surface area contributed by atoms with Gasteiger partial charge in [-0.3, -0.25) is 4.79 Å². The van der Waals surface area contributed by atoms with Gasteiger partial charge in [0.15, 0.2) is 11.5 Å². The van der Waals surface area contributed by atoms with Crippen molar-refractivity contribution >= 4 is 15.9 Å². The van der Waals surface area contributed by atoms with Gasteiger partial charge in [0.05, 0.1) is 12.0 Å². The second-order valence-electron chi connectivity index (χ2n) is 7.04. The smallest absolute Gasteiger partial charge is 0.387 e. The monoisotopic (exact) mass is 454 g/mol. The van der Waals surface area contributed by atoms with Gasteiger partial charge in [0.25, 0.3) is 5.91 Å². The predicted octanol–water partition coefficient (Wildman–Crippen LogP) is 3.40. The highest BCUT2D eigenvalue weighted by Gasteiger charge is 2.26. The van der Waals surface area contributed by atoms with Crippen molar-refractivity contribution in [1.29, 1.82) is 0 Å². The minimum Gasteiger partial charge on any atom is -0.493 e. The van der Waals surface area contributed by atoms with Crippen molar-refractivity contribution in [3.63, 3.8) is 0 Å². The summed E-state index contributed by atoms with van der Waals surface area (Å²) in [6.07, 6.45) is 2.70. The maximum absolute atomic E-state index is 12.8. The van der Waals surface area contributed by atoms with E-state index in [4.69, 9.17) is 4.74 Å². The Kier molecular flexibility index (Phi) is 7.45. The van der Waals surface area contributed by atoms with E-state index < -0.39 is 22.5 Å². The van der Waals surface area contributed by atoms with Crippen LogP contribution in [-0.2, 0) is 16.6 Å². The Bertz CT molecular complexity index is 1020. The van der Waals surface area contributed by atoms with Crippen LogP contribution in [0.15, 0.2) is 47.4 Å². The average Bonchev–Trinajstić information content (AvgIpc) is 2.78. The van der Waals surface area contributed by atoms with E-state index in [1.807, 2.05) is 0 Å². The Morgan fingerprint density at radius 3 is 2.52 bits per heavy atom. The summed E-state index contributed by atoms with van der Waals surface area (Å²) < 4.78 is 61.7. The first-order valence-electron chi connectivity index (χ1n) is 9.81. The maximum Gasteiger partial charge on any atom is 0.387 e. The summed E-state index contributed by atoms with van der Waals surface area (Å²) >= 11 is 0. The van der Waals surface area contributed by atoms with Crippen LogP contribution in [0.3, 0.4) is 0 Å². The second-order valence-corrected chi connectivity index (χ2v) is 8.98. The Morgan fingerprint density at radius 2 is 1.84 bits per heavy atom. The maximum atomic E-state index is 12.8.